The molecule has 0 bridgehead atoms. The Morgan fingerprint density at radius 1 is 1.36 bits per heavy atom. The van der Waals surface area contributed by atoms with Crippen molar-refractivity contribution in [2.75, 3.05) is 5.75 Å². The van der Waals surface area contributed by atoms with Gasteiger partial charge in [0.05, 0.1) is 17.6 Å². The van der Waals surface area contributed by atoms with E-state index in [-0.39, 0.29) is 11.9 Å². The summed E-state index contributed by atoms with van der Waals surface area (Å²) in [7, 11) is 0. The first-order valence-electron chi connectivity index (χ1n) is 7.25. The van der Waals surface area contributed by atoms with Crippen molar-refractivity contribution in [2.45, 2.75) is 38.5 Å². The van der Waals surface area contributed by atoms with Crippen molar-refractivity contribution in [3.8, 4) is 11.3 Å². The predicted octanol–water partition coefficient (Wildman–Crippen LogP) is 3.95. The number of imidazole rings is 1. The maximum Gasteiger partial charge on any atom is 0.230 e. The van der Waals surface area contributed by atoms with Gasteiger partial charge in [-0.1, -0.05) is 39.8 Å². The summed E-state index contributed by atoms with van der Waals surface area (Å²) < 4.78 is 3.19. The normalized spacial score (nSPS) is 11.0. The van der Waals surface area contributed by atoms with Crippen LogP contribution < -0.4 is 5.32 Å². The molecule has 1 heterocycles. The third kappa shape index (κ3) is 4.36. The molecule has 0 fully saturated rings. The number of hydrogen-bond donors (Lipinski definition) is 1. The highest BCUT2D eigenvalue weighted by atomic mass is 79.9. The van der Waals surface area contributed by atoms with Crippen molar-refractivity contribution >= 4 is 33.6 Å². The summed E-state index contributed by atoms with van der Waals surface area (Å²) in [5.74, 6) is 0.422. The van der Waals surface area contributed by atoms with Crippen molar-refractivity contribution < 1.29 is 4.79 Å². The highest BCUT2D eigenvalue weighted by molar-refractivity contribution is 9.10. The van der Waals surface area contributed by atoms with Crippen LogP contribution >= 0.6 is 27.7 Å². The Bertz CT molecular complexity index is 637. The quantitative estimate of drug-likeness (QED) is 0.770. The second kappa shape index (κ2) is 7.83. The molecule has 0 unspecified atom stereocenters. The number of thioether (sulfide) groups is 1. The molecule has 1 amide bonds. The Labute approximate surface area is 143 Å². The van der Waals surface area contributed by atoms with Gasteiger partial charge in [0.1, 0.15) is 0 Å². The fourth-order valence-corrected chi connectivity index (χ4v) is 3.24. The minimum Gasteiger partial charge on any atom is -0.353 e. The molecular weight excluding hydrogens is 362 g/mol. The molecule has 2 rings (SSSR count). The summed E-state index contributed by atoms with van der Waals surface area (Å²) in [6, 6.07) is 8.33. The van der Waals surface area contributed by atoms with Gasteiger partial charge in [-0.2, -0.15) is 0 Å². The number of carbonyl (C=O) groups is 1. The average molecular weight is 382 g/mol. The van der Waals surface area contributed by atoms with Crippen LogP contribution in [0.4, 0.5) is 0 Å². The Hall–Kier alpha value is -1.27. The zero-order valence-electron chi connectivity index (χ0n) is 13.0. The fourth-order valence-electron chi connectivity index (χ4n) is 2.12. The van der Waals surface area contributed by atoms with Crippen molar-refractivity contribution in [1.82, 2.24) is 14.9 Å². The molecule has 0 saturated carbocycles. The van der Waals surface area contributed by atoms with Crippen LogP contribution in [0.3, 0.4) is 0 Å². The van der Waals surface area contributed by atoms with Crippen LogP contribution in [-0.4, -0.2) is 27.3 Å². The van der Waals surface area contributed by atoms with E-state index in [9.17, 15) is 4.79 Å². The molecular formula is C16H20BrN3OS. The molecule has 6 heteroatoms. The zero-order chi connectivity index (χ0) is 16.1. The number of halogens is 1. The third-order valence-corrected chi connectivity index (χ3v) is 4.58. The average Bonchev–Trinajstić information content (AvgIpc) is 2.88. The summed E-state index contributed by atoms with van der Waals surface area (Å²) in [6.45, 7) is 6.82. The largest absolute Gasteiger partial charge is 0.353 e. The van der Waals surface area contributed by atoms with Crippen molar-refractivity contribution in [3.05, 3.63) is 34.9 Å². The van der Waals surface area contributed by atoms with E-state index in [1.165, 1.54) is 11.8 Å². The molecule has 0 radical (unpaired) electrons. The number of amides is 1. The fraction of sp³-hybridized carbons (Fsp3) is 0.375. The maximum atomic E-state index is 11.8. The van der Waals surface area contributed by atoms with Crippen LogP contribution in [0.15, 0.2) is 40.1 Å². The van der Waals surface area contributed by atoms with E-state index < -0.39 is 0 Å². The van der Waals surface area contributed by atoms with Crippen LogP contribution in [0.5, 0.6) is 0 Å². The highest BCUT2D eigenvalue weighted by Crippen LogP contribution is 2.27. The second-order valence-electron chi connectivity index (χ2n) is 5.19. The molecule has 0 atom stereocenters. The zero-order valence-corrected chi connectivity index (χ0v) is 15.4. The topological polar surface area (TPSA) is 46.9 Å². The number of carbonyl (C=O) groups excluding carboxylic acids is 1. The maximum absolute atomic E-state index is 11.8. The number of aromatic nitrogens is 2. The molecule has 0 aliphatic rings. The van der Waals surface area contributed by atoms with Gasteiger partial charge in [0.15, 0.2) is 5.16 Å². The summed E-state index contributed by atoms with van der Waals surface area (Å²) in [6.07, 6.45) is 1.87. The molecule has 0 aliphatic carbocycles. The monoisotopic (exact) mass is 381 g/mol. The van der Waals surface area contributed by atoms with Gasteiger partial charge in [0.25, 0.3) is 0 Å². The summed E-state index contributed by atoms with van der Waals surface area (Å²) >= 11 is 4.92. The summed E-state index contributed by atoms with van der Waals surface area (Å²) in [4.78, 5) is 16.2. The number of nitrogens with zero attached hydrogens (tertiary/aromatic N) is 2. The number of benzene rings is 1. The Balaban J connectivity index is 2.14. The van der Waals surface area contributed by atoms with Gasteiger partial charge in [-0.05, 0) is 38.5 Å². The van der Waals surface area contributed by atoms with Crippen LogP contribution in [0.25, 0.3) is 11.3 Å². The van der Waals surface area contributed by atoms with Crippen molar-refractivity contribution in [1.29, 1.82) is 0 Å². The predicted molar refractivity (Wildman–Crippen MR) is 95.0 cm³/mol. The summed E-state index contributed by atoms with van der Waals surface area (Å²) in [5, 5.41) is 3.77. The molecule has 1 N–H and O–H groups in total. The van der Waals surface area contributed by atoms with Gasteiger partial charge in [-0.3, -0.25) is 4.79 Å². The number of nitrogens with one attached hydrogen (secondary N) is 1. The van der Waals surface area contributed by atoms with Gasteiger partial charge in [0.2, 0.25) is 5.91 Å². The standard InChI is InChI=1S/C16H20BrN3OS/c1-4-20-14(12-5-7-13(17)8-6-12)9-18-16(20)22-10-15(21)19-11(2)3/h5-9,11H,4,10H2,1-3H3,(H,19,21). The van der Waals surface area contributed by atoms with Gasteiger partial charge in [-0.25, -0.2) is 4.98 Å². The SMILES string of the molecule is CCn1c(-c2ccc(Br)cc2)cnc1SCC(=O)NC(C)C. The van der Waals surface area contributed by atoms with E-state index in [2.05, 4.69) is 49.9 Å². The van der Waals surface area contributed by atoms with Gasteiger partial charge < -0.3 is 9.88 Å². The highest BCUT2D eigenvalue weighted by Gasteiger charge is 2.13. The first-order valence-corrected chi connectivity index (χ1v) is 9.02. The lowest BCUT2D eigenvalue weighted by Crippen LogP contribution is -2.31. The molecule has 1 aromatic heterocycles. The Morgan fingerprint density at radius 3 is 2.64 bits per heavy atom. The van der Waals surface area contributed by atoms with Crippen LogP contribution in [0.2, 0.25) is 0 Å². The minimum absolute atomic E-state index is 0.0378. The van der Waals surface area contributed by atoms with Gasteiger partial charge in [0, 0.05) is 17.1 Å². The molecule has 118 valence electrons. The smallest absolute Gasteiger partial charge is 0.230 e. The number of rotatable bonds is 6. The minimum atomic E-state index is 0.0378. The Morgan fingerprint density at radius 2 is 2.05 bits per heavy atom. The number of hydrogen-bond acceptors (Lipinski definition) is 3. The van der Waals surface area contributed by atoms with Crippen LogP contribution in [0.1, 0.15) is 20.8 Å². The van der Waals surface area contributed by atoms with Gasteiger partial charge >= 0.3 is 0 Å². The molecule has 1 aromatic carbocycles. The van der Waals surface area contributed by atoms with Crippen molar-refractivity contribution in [2.24, 2.45) is 0 Å². The first kappa shape index (κ1) is 17.1. The molecule has 4 nitrogen and oxygen atoms in total. The van der Waals surface area contributed by atoms with E-state index in [1.807, 2.05) is 32.2 Å². The van der Waals surface area contributed by atoms with E-state index >= 15 is 0 Å². The van der Waals surface area contributed by atoms with E-state index in [0.29, 0.717) is 5.75 Å². The lowest BCUT2D eigenvalue weighted by atomic mass is 10.2. The van der Waals surface area contributed by atoms with Crippen LogP contribution in [0, 0.1) is 0 Å². The molecule has 0 aliphatic heterocycles. The molecule has 2 aromatic rings. The first-order chi connectivity index (χ1) is 10.5. The van der Waals surface area contributed by atoms with Crippen molar-refractivity contribution in [3.63, 3.8) is 0 Å². The molecule has 0 spiro atoms. The molecule has 0 saturated heterocycles. The van der Waals surface area contributed by atoms with E-state index in [1.54, 1.807) is 0 Å². The third-order valence-electron chi connectivity index (χ3n) is 3.06. The van der Waals surface area contributed by atoms with E-state index in [4.69, 9.17) is 0 Å². The van der Waals surface area contributed by atoms with Gasteiger partial charge in [-0.15, -0.1) is 0 Å². The van der Waals surface area contributed by atoms with Crippen LogP contribution in [-0.2, 0) is 11.3 Å². The lowest BCUT2D eigenvalue weighted by Gasteiger charge is -2.10. The second-order valence-corrected chi connectivity index (χ2v) is 7.05. The molecule has 22 heavy (non-hydrogen) atoms. The lowest BCUT2D eigenvalue weighted by molar-refractivity contribution is -0.119. The summed E-state index contributed by atoms with van der Waals surface area (Å²) in [5.41, 5.74) is 2.19. The van der Waals surface area contributed by atoms with E-state index in [0.717, 1.165) is 27.4 Å². The Kier molecular flexibility index (Phi) is 6.08.